The van der Waals surface area contributed by atoms with Crippen LogP contribution in [0.3, 0.4) is 0 Å². The molecule has 8 heteroatoms. The molecule has 0 spiro atoms. The van der Waals surface area contributed by atoms with Crippen LogP contribution in [0.25, 0.3) is 5.69 Å². The molecule has 1 aromatic heterocycles. The predicted octanol–water partition coefficient (Wildman–Crippen LogP) is 2.66. The molecule has 2 aliphatic heterocycles. The van der Waals surface area contributed by atoms with Crippen molar-refractivity contribution in [2.24, 2.45) is 0 Å². The van der Waals surface area contributed by atoms with Gasteiger partial charge in [0, 0.05) is 24.8 Å². The summed E-state index contributed by atoms with van der Waals surface area (Å²) in [5.74, 6) is 0.144. The SMILES string of the molecule is C[C@H]1Cc2nc(SCC(=O)NC[C@@H]3CCCO3)n(-c3ccccc3)c(=O)c2S1. The molecule has 1 saturated heterocycles. The number of ether oxygens (including phenoxy) is 1. The minimum Gasteiger partial charge on any atom is -0.376 e. The predicted molar refractivity (Wildman–Crippen MR) is 112 cm³/mol. The van der Waals surface area contributed by atoms with Crippen molar-refractivity contribution in [1.29, 1.82) is 0 Å². The number of fused-ring (bicyclic) bond motifs is 1. The molecule has 2 aromatic rings. The minimum atomic E-state index is -0.0717. The van der Waals surface area contributed by atoms with Gasteiger partial charge >= 0.3 is 0 Å². The maximum atomic E-state index is 13.1. The molecule has 28 heavy (non-hydrogen) atoms. The molecular formula is C20H23N3O3S2. The van der Waals surface area contributed by atoms with Gasteiger partial charge in [-0.1, -0.05) is 36.9 Å². The van der Waals surface area contributed by atoms with E-state index in [1.165, 1.54) is 11.8 Å². The standard InChI is InChI=1S/C20H23N3O3S2/c1-13-10-16-18(28-13)19(25)23(14-6-3-2-4-7-14)20(22-16)27-12-17(24)21-11-15-8-5-9-26-15/h2-4,6-7,13,15H,5,8-12H2,1H3,(H,21,24)/t13-,15-/m0/s1. The summed E-state index contributed by atoms with van der Waals surface area (Å²) in [5, 5.41) is 3.83. The Morgan fingerprint density at radius 3 is 2.96 bits per heavy atom. The van der Waals surface area contributed by atoms with Gasteiger partial charge in [0.2, 0.25) is 5.91 Å². The summed E-state index contributed by atoms with van der Waals surface area (Å²) in [7, 11) is 0. The van der Waals surface area contributed by atoms with E-state index < -0.39 is 0 Å². The highest BCUT2D eigenvalue weighted by molar-refractivity contribution is 8.00. The van der Waals surface area contributed by atoms with Gasteiger partial charge in [0.1, 0.15) is 0 Å². The third-order valence-electron chi connectivity index (χ3n) is 4.78. The van der Waals surface area contributed by atoms with E-state index in [4.69, 9.17) is 9.72 Å². The van der Waals surface area contributed by atoms with Crippen LogP contribution in [0.1, 0.15) is 25.5 Å². The van der Waals surface area contributed by atoms with Gasteiger partial charge in [-0.25, -0.2) is 4.98 Å². The first kappa shape index (κ1) is 19.5. The van der Waals surface area contributed by atoms with Crippen LogP contribution >= 0.6 is 23.5 Å². The fourth-order valence-corrected chi connectivity index (χ4v) is 5.37. The van der Waals surface area contributed by atoms with Gasteiger partial charge < -0.3 is 10.1 Å². The molecule has 0 bridgehead atoms. The van der Waals surface area contributed by atoms with E-state index in [0.29, 0.717) is 17.0 Å². The molecule has 1 amide bonds. The maximum Gasteiger partial charge on any atom is 0.272 e. The minimum absolute atomic E-state index is 0.0483. The number of amides is 1. The summed E-state index contributed by atoms with van der Waals surface area (Å²) in [6.45, 7) is 3.41. The first-order valence-electron chi connectivity index (χ1n) is 9.51. The lowest BCUT2D eigenvalue weighted by Crippen LogP contribution is -2.33. The number of aromatic nitrogens is 2. The Labute approximate surface area is 172 Å². The molecule has 3 heterocycles. The first-order valence-corrected chi connectivity index (χ1v) is 11.4. The Morgan fingerprint density at radius 2 is 2.21 bits per heavy atom. The topological polar surface area (TPSA) is 73.2 Å². The number of hydrogen-bond acceptors (Lipinski definition) is 6. The highest BCUT2D eigenvalue weighted by atomic mass is 32.2. The van der Waals surface area contributed by atoms with Crippen LogP contribution in [-0.4, -0.2) is 45.7 Å². The maximum absolute atomic E-state index is 13.1. The Kier molecular flexibility index (Phi) is 6.08. The Morgan fingerprint density at radius 1 is 1.39 bits per heavy atom. The van der Waals surface area contributed by atoms with E-state index in [0.717, 1.165) is 42.1 Å². The van der Waals surface area contributed by atoms with Crippen molar-refractivity contribution in [2.75, 3.05) is 18.9 Å². The van der Waals surface area contributed by atoms with Crippen molar-refractivity contribution in [3.8, 4) is 5.69 Å². The second-order valence-corrected chi connectivity index (χ2v) is 9.40. The van der Waals surface area contributed by atoms with Crippen molar-refractivity contribution in [2.45, 2.75) is 47.6 Å². The third kappa shape index (κ3) is 4.29. The van der Waals surface area contributed by atoms with Crippen molar-refractivity contribution in [3.05, 3.63) is 46.4 Å². The average Bonchev–Trinajstić information content (AvgIpc) is 3.34. The molecule has 2 aliphatic rings. The third-order valence-corrected chi connectivity index (χ3v) is 6.93. The molecule has 6 nitrogen and oxygen atoms in total. The number of hydrogen-bond donors (Lipinski definition) is 1. The number of nitrogens with zero attached hydrogens (tertiary/aromatic N) is 2. The van der Waals surface area contributed by atoms with Crippen molar-refractivity contribution >= 4 is 29.4 Å². The zero-order valence-corrected chi connectivity index (χ0v) is 17.4. The molecule has 0 radical (unpaired) electrons. The molecule has 0 aliphatic carbocycles. The zero-order valence-electron chi connectivity index (χ0n) is 15.7. The summed E-state index contributed by atoms with van der Waals surface area (Å²) >= 11 is 2.89. The Hall–Kier alpha value is -1.77. The number of rotatable bonds is 6. The largest absolute Gasteiger partial charge is 0.376 e. The van der Waals surface area contributed by atoms with Gasteiger partial charge in [-0.05, 0) is 25.0 Å². The monoisotopic (exact) mass is 417 g/mol. The van der Waals surface area contributed by atoms with E-state index in [9.17, 15) is 9.59 Å². The summed E-state index contributed by atoms with van der Waals surface area (Å²) in [5.41, 5.74) is 1.56. The first-order chi connectivity index (χ1) is 13.6. The molecule has 0 unspecified atom stereocenters. The normalized spacial score (nSPS) is 20.9. The molecule has 148 valence electrons. The number of carbonyl (C=O) groups is 1. The average molecular weight is 418 g/mol. The van der Waals surface area contributed by atoms with Gasteiger partial charge in [-0.3, -0.25) is 14.2 Å². The summed E-state index contributed by atoms with van der Waals surface area (Å²) in [4.78, 5) is 30.9. The molecule has 2 atom stereocenters. The second-order valence-electron chi connectivity index (χ2n) is 7.01. The van der Waals surface area contributed by atoms with Crippen LogP contribution in [0.2, 0.25) is 0 Å². The number of benzene rings is 1. The van der Waals surface area contributed by atoms with Crippen LogP contribution in [0.15, 0.2) is 45.2 Å². The van der Waals surface area contributed by atoms with E-state index in [2.05, 4.69) is 12.2 Å². The van der Waals surface area contributed by atoms with E-state index >= 15 is 0 Å². The van der Waals surface area contributed by atoms with Gasteiger partial charge in [0.05, 0.1) is 28.1 Å². The number of carbonyl (C=O) groups excluding carboxylic acids is 1. The highest BCUT2D eigenvalue weighted by Crippen LogP contribution is 2.34. The van der Waals surface area contributed by atoms with E-state index in [-0.39, 0.29) is 23.3 Å². The Bertz CT molecular complexity index is 911. The number of para-hydroxylation sites is 1. The van der Waals surface area contributed by atoms with Gasteiger partial charge in [0.15, 0.2) is 5.16 Å². The summed E-state index contributed by atoms with van der Waals surface area (Å²) < 4.78 is 7.16. The lowest BCUT2D eigenvalue weighted by atomic mass is 10.2. The fraction of sp³-hybridized carbons (Fsp3) is 0.450. The van der Waals surface area contributed by atoms with Crippen molar-refractivity contribution in [3.63, 3.8) is 0 Å². The number of thioether (sulfide) groups is 2. The molecule has 4 rings (SSSR count). The van der Waals surface area contributed by atoms with E-state index in [1.807, 2.05) is 30.3 Å². The lowest BCUT2D eigenvalue weighted by Gasteiger charge is -2.14. The van der Waals surface area contributed by atoms with Crippen LogP contribution < -0.4 is 10.9 Å². The van der Waals surface area contributed by atoms with Crippen molar-refractivity contribution in [1.82, 2.24) is 14.9 Å². The quantitative estimate of drug-likeness (QED) is 0.575. The van der Waals surface area contributed by atoms with Crippen LogP contribution in [-0.2, 0) is 16.0 Å². The van der Waals surface area contributed by atoms with Gasteiger partial charge in [-0.15, -0.1) is 11.8 Å². The zero-order chi connectivity index (χ0) is 19.5. The molecule has 0 saturated carbocycles. The van der Waals surface area contributed by atoms with Gasteiger partial charge in [0.25, 0.3) is 5.56 Å². The Balaban J connectivity index is 1.54. The molecule has 1 fully saturated rings. The summed E-state index contributed by atoms with van der Waals surface area (Å²) in [6, 6.07) is 9.48. The second kappa shape index (κ2) is 8.71. The molecule has 1 N–H and O–H groups in total. The van der Waals surface area contributed by atoms with Gasteiger partial charge in [-0.2, -0.15) is 0 Å². The molecule has 1 aromatic carbocycles. The number of nitrogens with one attached hydrogen (secondary N) is 1. The highest BCUT2D eigenvalue weighted by Gasteiger charge is 2.27. The smallest absolute Gasteiger partial charge is 0.272 e. The molecular weight excluding hydrogens is 394 g/mol. The fourth-order valence-electron chi connectivity index (χ4n) is 3.42. The lowest BCUT2D eigenvalue weighted by molar-refractivity contribution is -0.119. The summed E-state index contributed by atoms with van der Waals surface area (Å²) in [6.07, 6.45) is 2.94. The van der Waals surface area contributed by atoms with Crippen LogP contribution in [0, 0.1) is 0 Å². The van der Waals surface area contributed by atoms with Crippen molar-refractivity contribution < 1.29 is 9.53 Å². The van der Waals surface area contributed by atoms with Crippen LogP contribution in [0.4, 0.5) is 0 Å². The van der Waals surface area contributed by atoms with Crippen LogP contribution in [0.5, 0.6) is 0 Å². The van der Waals surface area contributed by atoms with E-state index in [1.54, 1.807) is 16.3 Å².